The summed E-state index contributed by atoms with van der Waals surface area (Å²) in [7, 11) is 0. The van der Waals surface area contributed by atoms with Gasteiger partial charge in [0.2, 0.25) is 0 Å². The predicted octanol–water partition coefficient (Wildman–Crippen LogP) is 3.97. The van der Waals surface area contributed by atoms with Gasteiger partial charge in [0.05, 0.1) is 6.54 Å². The minimum Gasteiger partial charge on any atom is -0.490 e. The van der Waals surface area contributed by atoms with Gasteiger partial charge in [-0.1, -0.05) is 54.1 Å². The first-order chi connectivity index (χ1) is 17.4. The number of hydrogen-bond acceptors (Lipinski definition) is 5. The summed E-state index contributed by atoms with van der Waals surface area (Å²) in [5.41, 5.74) is 10.8. The van der Waals surface area contributed by atoms with Gasteiger partial charge >= 0.3 is 12.1 Å². The molecule has 8 heteroatoms. The molecular weight excluding hydrogens is 458 g/mol. The summed E-state index contributed by atoms with van der Waals surface area (Å²) in [4.78, 5) is 28.5. The Hall–Kier alpha value is -4.33. The van der Waals surface area contributed by atoms with Crippen LogP contribution in [0.5, 0.6) is 5.75 Å². The number of amidine groups is 1. The van der Waals surface area contributed by atoms with Crippen molar-refractivity contribution >= 4 is 23.6 Å². The summed E-state index contributed by atoms with van der Waals surface area (Å²) in [6.45, 7) is 2.22. The van der Waals surface area contributed by atoms with E-state index in [1.54, 1.807) is 24.3 Å². The zero-order valence-corrected chi connectivity index (χ0v) is 20.1. The number of carboxylic acids is 1. The molecule has 1 aliphatic heterocycles. The first kappa shape index (κ1) is 24.8. The van der Waals surface area contributed by atoms with Crippen LogP contribution >= 0.6 is 0 Å². The van der Waals surface area contributed by atoms with Crippen molar-refractivity contribution in [3.63, 3.8) is 0 Å². The minimum atomic E-state index is -1.07. The lowest BCUT2D eigenvalue weighted by Crippen LogP contribution is -2.27. The second-order valence-electron chi connectivity index (χ2n) is 8.70. The molecule has 1 heterocycles. The maximum Gasteiger partial charge on any atom is 0.414 e. The van der Waals surface area contributed by atoms with E-state index in [1.807, 2.05) is 12.1 Å². The quantitative estimate of drug-likeness (QED) is 0.330. The number of benzene rings is 3. The van der Waals surface area contributed by atoms with Crippen molar-refractivity contribution in [3.8, 4) is 5.75 Å². The predicted molar refractivity (Wildman–Crippen MR) is 138 cm³/mol. The van der Waals surface area contributed by atoms with Gasteiger partial charge in [0.1, 0.15) is 24.7 Å². The third-order valence-corrected chi connectivity index (χ3v) is 5.89. The SMILES string of the molecule is Cc1ccc(CCc2ccc(OCC3CN(c4cccc(C(N)=NCC(=O)O)c4)C(=O)O3)cc2)cc1. The van der Waals surface area contributed by atoms with Crippen LogP contribution in [0.2, 0.25) is 0 Å². The maximum atomic E-state index is 12.5. The van der Waals surface area contributed by atoms with Crippen LogP contribution in [-0.2, 0) is 22.4 Å². The van der Waals surface area contributed by atoms with Gasteiger partial charge in [-0.2, -0.15) is 0 Å². The maximum absolute atomic E-state index is 12.5. The highest BCUT2D eigenvalue weighted by Crippen LogP contribution is 2.24. The van der Waals surface area contributed by atoms with Gasteiger partial charge in [0, 0.05) is 11.3 Å². The number of carbonyl (C=O) groups is 2. The number of anilines is 1. The first-order valence-electron chi connectivity index (χ1n) is 11.7. The van der Waals surface area contributed by atoms with E-state index in [9.17, 15) is 9.59 Å². The Morgan fingerprint density at radius 2 is 1.75 bits per heavy atom. The van der Waals surface area contributed by atoms with Crippen molar-refractivity contribution in [2.24, 2.45) is 10.7 Å². The number of ether oxygens (including phenoxy) is 2. The van der Waals surface area contributed by atoms with E-state index in [1.165, 1.54) is 21.6 Å². The molecule has 1 fully saturated rings. The lowest BCUT2D eigenvalue weighted by Gasteiger charge is -2.14. The van der Waals surface area contributed by atoms with Crippen molar-refractivity contribution in [1.82, 2.24) is 0 Å². The molecule has 1 unspecified atom stereocenters. The number of rotatable bonds is 10. The normalized spacial score (nSPS) is 15.6. The van der Waals surface area contributed by atoms with E-state index in [-0.39, 0.29) is 12.4 Å². The van der Waals surface area contributed by atoms with Crippen molar-refractivity contribution in [2.45, 2.75) is 25.9 Å². The number of carboxylic acid groups (broad SMARTS) is 1. The molecule has 0 radical (unpaired) electrons. The number of amides is 1. The fourth-order valence-corrected chi connectivity index (χ4v) is 3.88. The van der Waals surface area contributed by atoms with Gasteiger partial charge in [-0.05, 0) is 55.2 Å². The molecule has 3 aromatic carbocycles. The highest BCUT2D eigenvalue weighted by Gasteiger charge is 2.33. The molecule has 3 aromatic rings. The van der Waals surface area contributed by atoms with E-state index < -0.39 is 24.7 Å². The molecule has 36 heavy (non-hydrogen) atoms. The number of hydrogen-bond donors (Lipinski definition) is 2. The first-order valence-corrected chi connectivity index (χ1v) is 11.7. The molecular formula is C28H29N3O5. The van der Waals surface area contributed by atoms with E-state index in [0.717, 1.165) is 12.8 Å². The summed E-state index contributed by atoms with van der Waals surface area (Å²) in [6.07, 6.45) is 1.02. The molecule has 0 bridgehead atoms. The summed E-state index contributed by atoms with van der Waals surface area (Å²) in [6, 6.07) is 23.4. The standard InChI is InChI=1S/C28H29N3O5/c1-19-5-7-20(8-6-19)9-10-21-11-13-24(14-12-21)35-18-25-17-31(28(34)36-25)23-4-2-3-22(15-23)27(29)30-16-26(32)33/h2-8,11-15,25H,9-10,16-18H2,1H3,(H2,29,30)(H,32,33). The number of carbonyl (C=O) groups excluding carboxylic acids is 1. The Morgan fingerprint density at radius 3 is 2.42 bits per heavy atom. The summed E-state index contributed by atoms with van der Waals surface area (Å²) >= 11 is 0. The van der Waals surface area contributed by atoms with Crippen LogP contribution in [0.3, 0.4) is 0 Å². The Morgan fingerprint density at radius 1 is 1.08 bits per heavy atom. The van der Waals surface area contributed by atoms with Gasteiger partial charge in [0.25, 0.3) is 0 Å². The molecule has 0 spiro atoms. The molecule has 8 nitrogen and oxygen atoms in total. The Kier molecular flexibility index (Phi) is 7.85. The Labute approximate surface area is 210 Å². The van der Waals surface area contributed by atoms with E-state index in [2.05, 4.69) is 48.3 Å². The molecule has 4 rings (SSSR count). The number of nitrogens with zero attached hydrogens (tertiary/aromatic N) is 2. The second-order valence-corrected chi connectivity index (χ2v) is 8.70. The number of aryl methyl sites for hydroxylation is 3. The lowest BCUT2D eigenvalue weighted by molar-refractivity contribution is -0.135. The molecule has 1 aliphatic rings. The molecule has 1 amide bonds. The third kappa shape index (κ3) is 6.63. The van der Waals surface area contributed by atoms with Crippen LogP contribution in [0, 0.1) is 6.92 Å². The Balaban J connectivity index is 1.29. The molecule has 1 saturated heterocycles. The van der Waals surface area contributed by atoms with Crippen LogP contribution in [0.15, 0.2) is 77.8 Å². The van der Waals surface area contributed by atoms with Crippen LogP contribution in [0.4, 0.5) is 10.5 Å². The van der Waals surface area contributed by atoms with E-state index in [4.69, 9.17) is 20.3 Å². The van der Waals surface area contributed by atoms with Crippen molar-refractivity contribution in [3.05, 3.63) is 95.1 Å². The molecule has 0 aliphatic carbocycles. The van der Waals surface area contributed by atoms with Crippen molar-refractivity contribution in [2.75, 3.05) is 24.6 Å². The molecule has 0 saturated carbocycles. The number of cyclic esters (lactones) is 1. The second kappa shape index (κ2) is 11.4. The zero-order chi connectivity index (χ0) is 25.5. The average molecular weight is 488 g/mol. The fraction of sp³-hybridized carbons (Fsp3) is 0.250. The molecule has 186 valence electrons. The number of aliphatic carboxylic acids is 1. The topological polar surface area (TPSA) is 114 Å². The van der Waals surface area contributed by atoms with Crippen molar-refractivity contribution < 1.29 is 24.2 Å². The van der Waals surface area contributed by atoms with E-state index >= 15 is 0 Å². The van der Waals surface area contributed by atoms with Crippen LogP contribution in [0.1, 0.15) is 22.3 Å². The highest BCUT2D eigenvalue weighted by atomic mass is 16.6. The van der Waals surface area contributed by atoms with Crippen molar-refractivity contribution in [1.29, 1.82) is 0 Å². The smallest absolute Gasteiger partial charge is 0.414 e. The minimum absolute atomic E-state index is 0.0917. The van der Waals surface area contributed by atoms with Gasteiger partial charge in [-0.3, -0.25) is 14.7 Å². The van der Waals surface area contributed by atoms with Gasteiger partial charge in [0.15, 0.2) is 6.10 Å². The van der Waals surface area contributed by atoms with Gasteiger partial charge in [-0.25, -0.2) is 4.79 Å². The molecule has 1 atom stereocenters. The average Bonchev–Trinajstić information content (AvgIpc) is 3.26. The molecule has 0 aromatic heterocycles. The monoisotopic (exact) mass is 487 g/mol. The fourth-order valence-electron chi connectivity index (χ4n) is 3.88. The highest BCUT2D eigenvalue weighted by molar-refractivity contribution is 6.00. The third-order valence-electron chi connectivity index (χ3n) is 5.89. The van der Waals surface area contributed by atoms with E-state index in [0.29, 0.717) is 23.5 Å². The molecule has 3 N–H and O–H groups in total. The Bertz CT molecular complexity index is 1240. The van der Waals surface area contributed by atoms with Gasteiger partial charge in [-0.15, -0.1) is 0 Å². The zero-order valence-electron chi connectivity index (χ0n) is 20.1. The summed E-state index contributed by atoms with van der Waals surface area (Å²) < 4.78 is 11.3. The number of nitrogens with two attached hydrogens (primary N) is 1. The van der Waals surface area contributed by atoms with Crippen LogP contribution in [0.25, 0.3) is 0 Å². The lowest BCUT2D eigenvalue weighted by atomic mass is 10.0. The van der Waals surface area contributed by atoms with Crippen LogP contribution in [-0.4, -0.2) is 48.8 Å². The van der Waals surface area contributed by atoms with Gasteiger partial charge < -0.3 is 20.3 Å². The largest absolute Gasteiger partial charge is 0.490 e. The number of aliphatic imine (C=N–C) groups is 1. The summed E-state index contributed by atoms with van der Waals surface area (Å²) in [5, 5.41) is 8.78. The summed E-state index contributed by atoms with van der Waals surface area (Å²) in [5.74, 6) is -0.265. The van der Waals surface area contributed by atoms with Crippen LogP contribution < -0.4 is 15.4 Å².